The van der Waals surface area contributed by atoms with Crippen molar-refractivity contribution in [3.63, 3.8) is 0 Å². The molecule has 0 aliphatic rings. The zero-order chi connectivity index (χ0) is 19.9. The Morgan fingerprint density at radius 2 is 1.85 bits per heavy atom. The first kappa shape index (κ1) is 19.8. The second kappa shape index (κ2) is 6.68. The number of rotatable bonds is 4. The Morgan fingerprint density at radius 1 is 1.23 bits per heavy atom. The highest BCUT2D eigenvalue weighted by atomic mass is 35.5. The molecule has 0 saturated heterocycles. The van der Waals surface area contributed by atoms with E-state index in [4.69, 9.17) is 17.4 Å². The van der Waals surface area contributed by atoms with Crippen molar-refractivity contribution in [1.82, 2.24) is 9.24 Å². The Labute approximate surface area is 149 Å². The Hall–Kier alpha value is -2.47. The summed E-state index contributed by atoms with van der Waals surface area (Å²) in [5.74, 6) is 4.88. The van der Waals surface area contributed by atoms with E-state index >= 15 is 0 Å². The molecule has 3 N–H and O–H groups in total. The van der Waals surface area contributed by atoms with E-state index in [1.807, 2.05) is 0 Å². The van der Waals surface area contributed by atoms with Crippen molar-refractivity contribution in [1.29, 1.82) is 0 Å². The van der Waals surface area contributed by atoms with Crippen LogP contribution in [0.15, 0.2) is 33.9 Å². The van der Waals surface area contributed by atoms with Gasteiger partial charge in [0.2, 0.25) is 10.0 Å². The van der Waals surface area contributed by atoms with E-state index in [1.165, 1.54) is 13.0 Å². The number of hydrogen-bond acceptors (Lipinski definition) is 5. The topological polar surface area (TPSA) is 116 Å². The minimum Gasteiger partial charge on any atom is -0.335 e. The van der Waals surface area contributed by atoms with Gasteiger partial charge in [0.1, 0.15) is 0 Å². The number of aromatic nitrogens is 2. The van der Waals surface area contributed by atoms with Crippen LogP contribution in [0.1, 0.15) is 12.6 Å². The molecule has 0 amide bonds. The van der Waals surface area contributed by atoms with Crippen molar-refractivity contribution < 1.29 is 21.6 Å². The van der Waals surface area contributed by atoms with Crippen LogP contribution >= 0.6 is 11.6 Å². The number of nitrogens with two attached hydrogens (primary N) is 1. The van der Waals surface area contributed by atoms with Gasteiger partial charge >= 0.3 is 11.9 Å². The predicted molar refractivity (Wildman–Crippen MR) is 89.5 cm³/mol. The van der Waals surface area contributed by atoms with Gasteiger partial charge in [0.25, 0.3) is 5.56 Å². The quantitative estimate of drug-likeness (QED) is 0.731. The summed E-state index contributed by atoms with van der Waals surface area (Å²) in [7, 11) is -3.73. The SMILES string of the molecule is CCS(=O)(=O)Nc1cc(-n2c(=O)cc(C(F)(F)F)n(N)c2=O)ccc1Cl. The molecule has 1 heterocycles. The number of nitrogens with one attached hydrogen (secondary N) is 1. The van der Waals surface area contributed by atoms with E-state index in [1.54, 1.807) is 0 Å². The standard InChI is InChI=1S/C13H12ClF3N4O4S/c1-2-26(24,25)19-9-5-7(3-4-8(9)14)20-11(22)6-10(13(15,16)17)21(18)12(20)23/h3-6,19H,2,18H2,1H3. The third-order valence-electron chi connectivity index (χ3n) is 3.28. The molecule has 1 aromatic carbocycles. The Kier molecular flexibility index (Phi) is 5.10. The van der Waals surface area contributed by atoms with Crippen LogP contribution < -0.4 is 21.8 Å². The first-order chi connectivity index (χ1) is 11.9. The van der Waals surface area contributed by atoms with Gasteiger partial charge in [-0.15, -0.1) is 0 Å². The molecule has 142 valence electrons. The third-order valence-corrected chi connectivity index (χ3v) is 4.90. The lowest BCUT2D eigenvalue weighted by Crippen LogP contribution is -2.45. The fourth-order valence-corrected chi connectivity index (χ4v) is 2.85. The normalized spacial score (nSPS) is 12.2. The van der Waals surface area contributed by atoms with E-state index in [-0.39, 0.29) is 32.9 Å². The summed E-state index contributed by atoms with van der Waals surface area (Å²) in [6.07, 6.45) is -5.01. The zero-order valence-corrected chi connectivity index (χ0v) is 14.6. The van der Waals surface area contributed by atoms with Gasteiger partial charge in [-0.05, 0) is 25.1 Å². The summed E-state index contributed by atoms with van der Waals surface area (Å²) >= 11 is 5.87. The van der Waals surface area contributed by atoms with E-state index in [0.29, 0.717) is 4.57 Å². The molecule has 0 spiro atoms. The molecule has 0 radical (unpaired) electrons. The van der Waals surface area contributed by atoms with Crippen LogP contribution in [0, 0.1) is 0 Å². The lowest BCUT2D eigenvalue weighted by Gasteiger charge is -2.14. The van der Waals surface area contributed by atoms with Crippen LogP contribution in [0.4, 0.5) is 18.9 Å². The zero-order valence-electron chi connectivity index (χ0n) is 13.0. The van der Waals surface area contributed by atoms with Crippen molar-refractivity contribution in [2.75, 3.05) is 16.3 Å². The monoisotopic (exact) mass is 412 g/mol. The number of anilines is 1. The van der Waals surface area contributed by atoms with Crippen molar-refractivity contribution in [2.24, 2.45) is 0 Å². The fraction of sp³-hybridized carbons (Fsp3) is 0.231. The van der Waals surface area contributed by atoms with Gasteiger partial charge < -0.3 is 5.84 Å². The maximum Gasteiger partial charge on any atom is 0.433 e. The largest absolute Gasteiger partial charge is 0.433 e. The van der Waals surface area contributed by atoms with Crippen LogP contribution in [-0.4, -0.2) is 23.4 Å². The van der Waals surface area contributed by atoms with Crippen LogP contribution in [0.3, 0.4) is 0 Å². The van der Waals surface area contributed by atoms with Crippen molar-refractivity contribution in [3.05, 3.63) is 55.8 Å². The number of sulfonamides is 1. The van der Waals surface area contributed by atoms with E-state index in [9.17, 15) is 31.2 Å². The number of nitrogens with zero attached hydrogens (tertiary/aromatic N) is 2. The van der Waals surface area contributed by atoms with Gasteiger partial charge in [0.15, 0.2) is 5.69 Å². The molecule has 0 bridgehead atoms. The summed E-state index contributed by atoms with van der Waals surface area (Å²) in [4.78, 5) is 24.1. The first-order valence-corrected chi connectivity index (χ1v) is 8.92. The third kappa shape index (κ3) is 3.85. The molecule has 13 heteroatoms. The minimum absolute atomic E-state index is 0.0428. The number of alkyl halides is 3. The Balaban J connectivity index is 2.69. The molecule has 0 aliphatic heterocycles. The van der Waals surface area contributed by atoms with Crippen LogP contribution in [0.25, 0.3) is 5.69 Å². The maximum absolute atomic E-state index is 12.8. The van der Waals surface area contributed by atoms with Crippen molar-refractivity contribution in [3.8, 4) is 5.69 Å². The molecule has 2 rings (SSSR count). The average molecular weight is 413 g/mol. The number of nitrogen functional groups attached to an aromatic ring is 1. The molecule has 1 aromatic heterocycles. The molecular formula is C13H12ClF3N4O4S. The summed E-state index contributed by atoms with van der Waals surface area (Å²) in [5.41, 5.74) is -4.75. The molecule has 0 atom stereocenters. The van der Waals surface area contributed by atoms with Gasteiger partial charge in [-0.2, -0.15) is 13.2 Å². The number of halogens is 4. The summed E-state index contributed by atoms with van der Waals surface area (Å²) in [6, 6.07) is 3.52. The highest BCUT2D eigenvalue weighted by Gasteiger charge is 2.35. The molecule has 0 fully saturated rings. The highest BCUT2D eigenvalue weighted by molar-refractivity contribution is 7.92. The molecular weight excluding hydrogens is 401 g/mol. The predicted octanol–water partition coefficient (Wildman–Crippen LogP) is 1.15. The smallest absolute Gasteiger partial charge is 0.335 e. The second-order valence-corrected chi connectivity index (χ2v) is 7.44. The van der Waals surface area contributed by atoms with E-state index < -0.39 is 33.1 Å². The molecule has 8 nitrogen and oxygen atoms in total. The van der Waals surface area contributed by atoms with E-state index in [2.05, 4.69) is 4.72 Å². The van der Waals surface area contributed by atoms with Gasteiger partial charge in [-0.3, -0.25) is 9.52 Å². The van der Waals surface area contributed by atoms with Crippen LogP contribution in [0.2, 0.25) is 5.02 Å². The fourth-order valence-electron chi connectivity index (χ4n) is 1.98. The Bertz CT molecular complexity index is 1080. The van der Waals surface area contributed by atoms with Gasteiger partial charge in [-0.25, -0.2) is 22.5 Å². The number of benzene rings is 1. The highest BCUT2D eigenvalue weighted by Crippen LogP contribution is 2.27. The van der Waals surface area contributed by atoms with Crippen molar-refractivity contribution >= 4 is 27.3 Å². The second-order valence-electron chi connectivity index (χ2n) is 5.02. The lowest BCUT2D eigenvalue weighted by atomic mass is 10.2. The average Bonchev–Trinajstić information content (AvgIpc) is 2.52. The van der Waals surface area contributed by atoms with Crippen LogP contribution in [0.5, 0.6) is 0 Å². The maximum atomic E-state index is 12.8. The van der Waals surface area contributed by atoms with Gasteiger partial charge in [0, 0.05) is 6.07 Å². The summed E-state index contributed by atoms with van der Waals surface area (Å²) in [6.45, 7) is 1.37. The minimum atomic E-state index is -5.01. The molecule has 26 heavy (non-hydrogen) atoms. The molecule has 0 aliphatic carbocycles. The molecule has 2 aromatic rings. The van der Waals surface area contributed by atoms with Crippen LogP contribution in [-0.2, 0) is 16.2 Å². The van der Waals surface area contributed by atoms with Gasteiger partial charge in [-0.1, -0.05) is 11.6 Å². The Morgan fingerprint density at radius 3 is 2.38 bits per heavy atom. The molecule has 0 unspecified atom stereocenters. The first-order valence-electron chi connectivity index (χ1n) is 6.89. The van der Waals surface area contributed by atoms with Crippen molar-refractivity contribution in [2.45, 2.75) is 13.1 Å². The lowest BCUT2D eigenvalue weighted by molar-refractivity contribution is -0.143. The molecule has 0 saturated carbocycles. The van der Waals surface area contributed by atoms with Gasteiger partial charge in [0.05, 0.1) is 22.2 Å². The summed E-state index contributed by atoms with van der Waals surface area (Å²) in [5, 5.41) is -0.0428. The number of hydrogen-bond donors (Lipinski definition) is 2. The summed E-state index contributed by atoms with van der Waals surface area (Å²) < 4.78 is 64.0. The van der Waals surface area contributed by atoms with E-state index in [0.717, 1.165) is 12.1 Å².